The maximum Gasteiger partial charge on any atom is 0.110 e. The van der Waals surface area contributed by atoms with Crippen molar-refractivity contribution in [3.05, 3.63) is 70.8 Å². The molecule has 0 heterocycles. The van der Waals surface area contributed by atoms with E-state index in [9.17, 15) is 15.3 Å². The molecule has 0 radical (unpaired) electrons. The molecule has 0 aliphatic heterocycles. The van der Waals surface area contributed by atoms with Gasteiger partial charge in [-0.05, 0) is 51.1 Å². The molecule has 3 aromatic rings. The summed E-state index contributed by atoms with van der Waals surface area (Å²) in [5.74, 6) is 0. The Morgan fingerprint density at radius 2 is 1.52 bits per heavy atom. The fourth-order valence-corrected chi connectivity index (χ4v) is 3.86. The minimum atomic E-state index is -0.991. The second kappa shape index (κ2) is 5.17. The first kappa shape index (κ1) is 14.4. The molecular formula is C20H18O3. The fourth-order valence-electron chi connectivity index (χ4n) is 3.86. The molecule has 0 amide bonds. The molecular weight excluding hydrogens is 288 g/mol. The molecule has 0 fully saturated rings. The molecule has 1 aliphatic carbocycles. The Morgan fingerprint density at radius 1 is 0.870 bits per heavy atom. The molecule has 3 nitrogen and oxygen atoms in total. The molecule has 0 bridgehead atoms. The van der Waals surface area contributed by atoms with Crippen LogP contribution in [0.15, 0.2) is 48.5 Å². The zero-order chi connectivity index (χ0) is 16.1. The van der Waals surface area contributed by atoms with Crippen LogP contribution in [-0.2, 0) is 6.61 Å². The van der Waals surface area contributed by atoms with Crippen LogP contribution in [-0.4, -0.2) is 15.3 Å². The lowest BCUT2D eigenvalue weighted by molar-refractivity contribution is 0.0154. The van der Waals surface area contributed by atoms with E-state index < -0.39 is 12.2 Å². The highest BCUT2D eigenvalue weighted by Gasteiger charge is 2.34. The lowest BCUT2D eigenvalue weighted by atomic mass is 9.76. The molecule has 1 aliphatic rings. The first-order valence-corrected chi connectivity index (χ1v) is 7.75. The lowest BCUT2D eigenvalue weighted by Gasteiger charge is -2.33. The summed E-state index contributed by atoms with van der Waals surface area (Å²) in [6, 6.07) is 15.4. The number of aliphatic hydroxyl groups is 3. The van der Waals surface area contributed by atoms with Crippen LogP contribution >= 0.6 is 0 Å². The van der Waals surface area contributed by atoms with Gasteiger partial charge in [0.15, 0.2) is 0 Å². The van der Waals surface area contributed by atoms with Crippen molar-refractivity contribution < 1.29 is 15.3 Å². The Bertz CT molecular complexity index is 914. The lowest BCUT2D eigenvalue weighted by Crippen LogP contribution is -2.20. The first-order valence-electron chi connectivity index (χ1n) is 7.75. The van der Waals surface area contributed by atoms with Crippen LogP contribution in [0.5, 0.6) is 0 Å². The normalized spacial score (nSPS) is 19.5. The maximum atomic E-state index is 10.7. The number of aliphatic hydroxyl groups excluding tert-OH is 3. The monoisotopic (exact) mass is 306 g/mol. The molecule has 2 atom stereocenters. The van der Waals surface area contributed by atoms with Crippen LogP contribution < -0.4 is 0 Å². The zero-order valence-corrected chi connectivity index (χ0v) is 12.8. The van der Waals surface area contributed by atoms with Gasteiger partial charge in [0.1, 0.15) is 12.2 Å². The summed E-state index contributed by atoms with van der Waals surface area (Å²) >= 11 is 0. The Balaban J connectivity index is 2.22. The molecule has 4 rings (SSSR count). The number of hydrogen-bond acceptors (Lipinski definition) is 3. The van der Waals surface area contributed by atoms with E-state index >= 15 is 0 Å². The number of aryl methyl sites for hydroxylation is 1. The average molecular weight is 306 g/mol. The van der Waals surface area contributed by atoms with Gasteiger partial charge in [-0.25, -0.2) is 0 Å². The van der Waals surface area contributed by atoms with Crippen molar-refractivity contribution in [3.8, 4) is 11.1 Å². The molecule has 2 unspecified atom stereocenters. The minimum absolute atomic E-state index is 0.111. The molecule has 3 heteroatoms. The van der Waals surface area contributed by atoms with Crippen molar-refractivity contribution >= 4 is 10.8 Å². The minimum Gasteiger partial charge on any atom is -0.392 e. The van der Waals surface area contributed by atoms with Gasteiger partial charge in [0.05, 0.1) is 6.61 Å². The van der Waals surface area contributed by atoms with Gasteiger partial charge in [-0.2, -0.15) is 0 Å². The predicted octanol–water partition coefficient (Wildman–Crippen LogP) is 3.39. The van der Waals surface area contributed by atoms with E-state index in [1.54, 1.807) is 0 Å². The Hall–Kier alpha value is -2.20. The van der Waals surface area contributed by atoms with E-state index in [1.165, 1.54) is 0 Å². The molecule has 0 spiro atoms. The largest absolute Gasteiger partial charge is 0.392 e. The highest BCUT2D eigenvalue weighted by atomic mass is 16.3. The average Bonchev–Trinajstić information content (AvgIpc) is 2.59. The van der Waals surface area contributed by atoms with Crippen molar-refractivity contribution in [1.29, 1.82) is 0 Å². The molecule has 3 N–H and O–H groups in total. The van der Waals surface area contributed by atoms with Crippen LogP contribution in [0.4, 0.5) is 0 Å². The quantitative estimate of drug-likeness (QED) is 0.646. The molecule has 23 heavy (non-hydrogen) atoms. The Kier molecular flexibility index (Phi) is 3.23. The second-order valence-electron chi connectivity index (χ2n) is 6.07. The SMILES string of the molecule is Cc1c2c(c(CO)c3ccccc13)-c1ccccc1C(O)C2O. The van der Waals surface area contributed by atoms with Crippen LogP contribution in [0.25, 0.3) is 21.9 Å². The van der Waals surface area contributed by atoms with Crippen molar-refractivity contribution in [2.24, 2.45) is 0 Å². The van der Waals surface area contributed by atoms with E-state index in [0.717, 1.165) is 38.6 Å². The topological polar surface area (TPSA) is 60.7 Å². The van der Waals surface area contributed by atoms with Gasteiger partial charge in [-0.3, -0.25) is 0 Å². The molecule has 116 valence electrons. The predicted molar refractivity (Wildman–Crippen MR) is 90.0 cm³/mol. The maximum absolute atomic E-state index is 10.7. The summed E-state index contributed by atoms with van der Waals surface area (Å²) in [5, 5.41) is 33.2. The summed E-state index contributed by atoms with van der Waals surface area (Å²) < 4.78 is 0. The van der Waals surface area contributed by atoms with Gasteiger partial charge in [-0.1, -0.05) is 48.5 Å². The summed E-state index contributed by atoms with van der Waals surface area (Å²) in [7, 11) is 0. The van der Waals surface area contributed by atoms with Crippen molar-refractivity contribution in [1.82, 2.24) is 0 Å². The Morgan fingerprint density at radius 3 is 2.26 bits per heavy atom. The summed E-state index contributed by atoms with van der Waals surface area (Å²) in [5.41, 5.74) is 4.93. The molecule has 0 saturated heterocycles. The number of hydrogen-bond donors (Lipinski definition) is 3. The van der Waals surface area contributed by atoms with Gasteiger partial charge in [0.25, 0.3) is 0 Å². The van der Waals surface area contributed by atoms with Gasteiger partial charge in [-0.15, -0.1) is 0 Å². The Labute approximate surface area is 134 Å². The second-order valence-corrected chi connectivity index (χ2v) is 6.07. The molecule has 0 saturated carbocycles. The van der Waals surface area contributed by atoms with Gasteiger partial charge in [0.2, 0.25) is 0 Å². The third-order valence-corrected chi connectivity index (χ3v) is 4.93. The smallest absolute Gasteiger partial charge is 0.110 e. The van der Waals surface area contributed by atoms with Crippen LogP contribution in [0, 0.1) is 6.92 Å². The standard InChI is InChI=1S/C20H18O3/c1-11-12-6-2-3-7-13(12)16(10-21)18-14-8-4-5-9-15(14)19(22)20(23)17(11)18/h2-9,19-23H,10H2,1H3. The number of rotatable bonds is 1. The van der Waals surface area contributed by atoms with Crippen LogP contribution in [0.2, 0.25) is 0 Å². The van der Waals surface area contributed by atoms with E-state index in [2.05, 4.69) is 0 Å². The van der Waals surface area contributed by atoms with Crippen molar-refractivity contribution in [3.63, 3.8) is 0 Å². The van der Waals surface area contributed by atoms with Crippen LogP contribution in [0.1, 0.15) is 34.5 Å². The molecule has 0 aromatic heterocycles. The highest BCUT2D eigenvalue weighted by molar-refractivity contribution is 5.97. The van der Waals surface area contributed by atoms with E-state index in [0.29, 0.717) is 5.56 Å². The van der Waals surface area contributed by atoms with E-state index in [-0.39, 0.29) is 6.61 Å². The summed E-state index contributed by atoms with van der Waals surface area (Å²) in [6.07, 6.45) is -1.94. The summed E-state index contributed by atoms with van der Waals surface area (Å²) in [4.78, 5) is 0. The molecule has 3 aromatic carbocycles. The number of benzene rings is 3. The fraction of sp³-hybridized carbons (Fsp3) is 0.200. The van der Waals surface area contributed by atoms with Crippen LogP contribution in [0.3, 0.4) is 0 Å². The van der Waals surface area contributed by atoms with E-state index in [4.69, 9.17) is 0 Å². The first-order chi connectivity index (χ1) is 11.1. The zero-order valence-electron chi connectivity index (χ0n) is 12.8. The van der Waals surface area contributed by atoms with Crippen molar-refractivity contribution in [2.45, 2.75) is 25.7 Å². The third kappa shape index (κ3) is 1.88. The summed E-state index contributed by atoms with van der Waals surface area (Å²) in [6.45, 7) is 1.85. The van der Waals surface area contributed by atoms with Gasteiger partial charge in [0, 0.05) is 0 Å². The van der Waals surface area contributed by atoms with Gasteiger partial charge >= 0.3 is 0 Å². The van der Waals surface area contributed by atoms with Gasteiger partial charge < -0.3 is 15.3 Å². The third-order valence-electron chi connectivity index (χ3n) is 4.93. The van der Waals surface area contributed by atoms with Crippen molar-refractivity contribution in [2.75, 3.05) is 0 Å². The van der Waals surface area contributed by atoms with E-state index in [1.807, 2.05) is 55.5 Å². The highest BCUT2D eigenvalue weighted by Crippen LogP contribution is 2.49. The number of fused-ring (bicyclic) bond motifs is 4.